The lowest BCUT2D eigenvalue weighted by Crippen LogP contribution is -2.64. The van der Waals surface area contributed by atoms with Crippen molar-refractivity contribution in [2.24, 2.45) is 11.7 Å². The standard InChI is InChI=1S/C23H31N5O4S2/c1-15(2)18(25-17(29)13-24)19(30)28(21-26-27-22(33)34-21)23(11-7-4-8-12-23)20(31)32-14-16-9-5-3-6-10-16/h3,5-6,9-10,15,18H,4,7-8,11-14,24H2,1-2H3,(H,25,29)(H,27,33)/t18-/m0/s1. The van der Waals surface area contributed by atoms with Crippen LogP contribution in [0.4, 0.5) is 5.13 Å². The second kappa shape index (κ2) is 11.7. The lowest BCUT2D eigenvalue weighted by molar-refractivity contribution is -0.154. The first kappa shape index (κ1) is 26.0. The Labute approximate surface area is 208 Å². The summed E-state index contributed by atoms with van der Waals surface area (Å²) in [6.45, 7) is 3.50. The smallest absolute Gasteiger partial charge is 0.332 e. The molecule has 1 saturated carbocycles. The van der Waals surface area contributed by atoms with Crippen molar-refractivity contribution in [3.63, 3.8) is 0 Å². The zero-order valence-electron chi connectivity index (χ0n) is 19.4. The maximum absolute atomic E-state index is 14.0. The molecule has 1 aromatic carbocycles. The molecule has 0 unspecified atom stereocenters. The van der Waals surface area contributed by atoms with Gasteiger partial charge in [0.2, 0.25) is 11.0 Å². The summed E-state index contributed by atoms with van der Waals surface area (Å²) in [5.41, 5.74) is 5.08. The van der Waals surface area contributed by atoms with Crippen molar-refractivity contribution in [2.45, 2.75) is 64.1 Å². The number of hydrogen-bond donors (Lipinski definition) is 3. The van der Waals surface area contributed by atoms with E-state index in [9.17, 15) is 14.4 Å². The van der Waals surface area contributed by atoms with Crippen molar-refractivity contribution in [1.82, 2.24) is 15.5 Å². The zero-order valence-corrected chi connectivity index (χ0v) is 21.0. The molecule has 34 heavy (non-hydrogen) atoms. The molecule has 0 aliphatic heterocycles. The van der Waals surface area contributed by atoms with Gasteiger partial charge < -0.3 is 15.8 Å². The van der Waals surface area contributed by atoms with Gasteiger partial charge in [-0.25, -0.2) is 4.79 Å². The summed E-state index contributed by atoms with van der Waals surface area (Å²) < 4.78 is 6.15. The van der Waals surface area contributed by atoms with Crippen LogP contribution in [0.1, 0.15) is 51.5 Å². The molecule has 11 heteroatoms. The van der Waals surface area contributed by atoms with Crippen molar-refractivity contribution in [1.29, 1.82) is 0 Å². The number of nitrogens with two attached hydrogens (primary N) is 1. The predicted octanol–water partition coefficient (Wildman–Crippen LogP) is 3.08. The number of ether oxygens (including phenoxy) is 1. The van der Waals surface area contributed by atoms with Gasteiger partial charge in [0.1, 0.15) is 18.2 Å². The van der Waals surface area contributed by atoms with Crippen LogP contribution in [0.2, 0.25) is 0 Å². The monoisotopic (exact) mass is 505 g/mol. The number of H-pyrrole nitrogens is 1. The van der Waals surface area contributed by atoms with E-state index in [0.29, 0.717) is 16.8 Å². The van der Waals surface area contributed by atoms with Crippen molar-refractivity contribution < 1.29 is 19.1 Å². The van der Waals surface area contributed by atoms with Crippen LogP contribution in [0.15, 0.2) is 30.3 Å². The highest BCUT2D eigenvalue weighted by Crippen LogP contribution is 2.40. The highest BCUT2D eigenvalue weighted by Gasteiger charge is 2.52. The molecule has 0 bridgehead atoms. The van der Waals surface area contributed by atoms with Gasteiger partial charge >= 0.3 is 5.97 Å². The fraction of sp³-hybridized carbons (Fsp3) is 0.522. The van der Waals surface area contributed by atoms with E-state index < -0.39 is 29.4 Å². The van der Waals surface area contributed by atoms with E-state index in [2.05, 4.69) is 15.5 Å². The van der Waals surface area contributed by atoms with Gasteiger partial charge in [0, 0.05) is 0 Å². The molecular formula is C23H31N5O4S2. The molecule has 2 aromatic rings. The highest BCUT2D eigenvalue weighted by atomic mass is 32.1. The van der Waals surface area contributed by atoms with Gasteiger partial charge in [-0.1, -0.05) is 74.8 Å². The van der Waals surface area contributed by atoms with Crippen LogP contribution in [0, 0.1) is 9.87 Å². The third-order valence-electron chi connectivity index (χ3n) is 5.97. The molecule has 1 fully saturated rings. The van der Waals surface area contributed by atoms with Gasteiger partial charge in [-0.15, -0.1) is 5.10 Å². The molecular weight excluding hydrogens is 474 g/mol. The Morgan fingerprint density at radius 2 is 1.91 bits per heavy atom. The maximum atomic E-state index is 14.0. The number of anilines is 1. The zero-order chi connectivity index (χ0) is 24.7. The summed E-state index contributed by atoms with van der Waals surface area (Å²) in [7, 11) is 0. The van der Waals surface area contributed by atoms with Crippen molar-refractivity contribution in [3.05, 3.63) is 39.8 Å². The molecule has 9 nitrogen and oxygen atoms in total. The normalized spacial score (nSPS) is 16.0. The average molecular weight is 506 g/mol. The quantitative estimate of drug-likeness (QED) is 0.353. The lowest BCUT2D eigenvalue weighted by Gasteiger charge is -2.44. The van der Waals surface area contributed by atoms with E-state index in [1.165, 1.54) is 4.90 Å². The Morgan fingerprint density at radius 3 is 2.47 bits per heavy atom. The number of amides is 2. The van der Waals surface area contributed by atoms with E-state index in [4.69, 9.17) is 22.7 Å². The molecule has 4 N–H and O–H groups in total. The number of hydrogen-bond acceptors (Lipinski definition) is 8. The topological polar surface area (TPSA) is 130 Å². The molecule has 0 saturated heterocycles. The van der Waals surface area contributed by atoms with Crippen LogP contribution >= 0.6 is 23.6 Å². The van der Waals surface area contributed by atoms with E-state index in [0.717, 1.165) is 36.2 Å². The first-order valence-corrected chi connectivity index (χ1v) is 12.6. The lowest BCUT2D eigenvalue weighted by atomic mass is 9.79. The van der Waals surface area contributed by atoms with Crippen LogP contribution in [0.3, 0.4) is 0 Å². The second-order valence-electron chi connectivity index (χ2n) is 8.72. The van der Waals surface area contributed by atoms with E-state index in [1.807, 2.05) is 44.2 Å². The van der Waals surface area contributed by atoms with E-state index in [-0.39, 0.29) is 24.2 Å². The first-order valence-electron chi connectivity index (χ1n) is 11.4. The Bertz CT molecular complexity index is 1050. The Balaban J connectivity index is 2.02. The number of rotatable bonds is 9. The van der Waals surface area contributed by atoms with Crippen LogP contribution in [0.5, 0.6) is 0 Å². The fourth-order valence-electron chi connectivity index (χ4n) is 4.20. The van der Waals surface area contributed by atoms with Gasteiger partial charge in [0.05, 0.1) is 6.54 Å². The van der Waals surface area contributed by atoms with E-state index in [1.54, 1.807) is 0 Å². The summed E-state index contributed by atoms with van der Waals surface area (Å²) in [6, 6.07) is 8.49. The highest BCUT2D eigenvalue weighted by molar-refractivity contribution is 7.73. The number of aromatic amines is 1. The van der Waals surface area contributed by atoms with Gasteiger partial charge in [0.25, 0.3) is 5.91 Å². The molecule has 1 aliphatic carbocycles. The minimum Gasteiger partial charge on any atom is -0.459 e. The average Bonchev–Trinajstić information content (AvgIpc) is 3.27. The first-order chi connectivity index (χ1) is 16.3. The molecule has 184 valence electrons. The summed E-state index contributed by atoms with van der Waals surface area (Å²) in [5, 5.41) is 9.94. The fourth-order valence-corrected chi connectivity index (χ4v) is 5.18. The summed E-state index contributed by atoms with van der Waals surface area (Å²) in [5.74, 6) is -1.63. The molecule has 1 atom stereocenters. The van der Waals surface area contributed by atoms with Crippen molar-refractivity contribution >= 4 is 46.5 Å². The molecule has 1 aromatic heterocycles. The summed E-state index contributed by atoms with van der Waals surface area (Å²) in [6.07, 6.45) is 3.30. The second-order valence-corrected chi connectivity index (χ2v) is 10.4. The third kappa shape index (κ3) is 5.89. The van der Waals surface area contributed by atoms with Crippen LogP contribution in [-0.2, 0) is 25.7 Å². The summed E-state index contributed by atoms with van der Waals surface area (Å²) in [4.78, 5) is 41.2. The Hall–Kier alpha value is -2.63. The minimum absolute atomic E-state index is 0.0945. The third-order valence-corrected chi connectivity index (χ3v) is 7.05. The number of nitrogens with zero attached hydrogens (tertiary/aromatic N) is 2. The molecule has 0 radical (unpaired) electrons. The number of aromatic nitrogens is 2. The van der Waals surface area contributed by atoms with Gasteiger partial charge in [-0.3, -0.25) is 19.6 Å². The maximum Gasteiger partial charge on any atom is 0.332 e. The number of esters is 1. The van der Waals surface area contributed by atoms with Gasteiger partial charge in [-0.05, 0) is 36.5 Å². The largest absolute Gasteiger partial charge is 0.459 e. The Morgan fingerprint density at radius 1 is 1.24 bits per heavy atom. The molecule has 0 spiro atoms. The SMILES string of the molecule is CC(C)[C@H](NC(=O)CN)C(=O)N(c1n[nH]c(=S)s1)C1(C(=O)OCc2ccccc2)CCCCC1. The van der Waals surface area contributed by atoms with Crippen LogP contribution in [0.25, 0.3) is 0 Å². The van der Waals surface area contributed by atoms with Gasteiger partial charge in [0.15, 0.2) is 3.95 Å². The summed E-state index contributed by atoms with van der Waals surface area (Å²) >= 11 is 6.33. The molecule has 1 heterocycles. The van der Waals surface area contributed by atoms with Gasteiger partial charge in [-0.2, -0.15) is 0 Å². The number of carbonyl (C=O) groups is 3. The van der Waals surface area contributed by atoms with E-state index >= 15 is 0 Å². The van der Waals surface area contributed by atoms with Crippen LogP contribution in [-0.4, -0.2) is 46.1 Å². The minimum atomic E-state index is -1.25. The van der Waals surface area contributed by atoms with Crippen molar-refractivity contribution in [3.8, 4) is 0 Å². The molecule has 1 aliphatic rings. The van der Waals surface area contributed by atoms with Crippen molar-refractivity contribution in [2.75, 3.05) is 11.4 Å². The number of nitrogens with one attached hydrogen (secondary N) is 2. The molecule has 2 amide bonds. The Kier molecular flexibility index (Phi) is 8.92. The molecule has 3 rings (SSSR count). The van der Waals surface area contributed by atoms with Crippen LogP contribution < -0.4 is 16.0 Å². The number of carbonyl (C=O) groups excluding carboxylic acids is 3. The number of benzene rings is 1. The predicted molar refractivity (Wildman–Crippen MR) is 133 cm³/mol.